The summed E-state index contributed by atoms with van der Waals surface area (Å²) in [7, 11) is 0. The van der Waals surface area contributed by atoms with Gasteiger partial charge >= 0.3 is 0 Å². The van der Waals surface area contributed by atoms with Crippen LogP contribution in [0.4, 0.5) is 5.69 Å². The molecule has 2 aliphatic rings. The number of nitrogens with zero attached hydrogens (tertiary/aromatic N) is 5. The van der Waals surface area contributed by atoms with Gasteiger partial charge in [0.05, 0.1) is 15.5 Å². The number of thioether (sulfide) groups is 1. The third-order valence-electron chi connectivity index (χ3n) is 5.38. The highest BCUT2D eigenvalue weighted by molar-refractivity contribution is 8.04. The van der Waals surface area contributed by atoms with Crippen molar-refractivity contribution in [2.75, 3.05) is 5.01 Å². The summed E-state index contributed by atoms with van der Waals surface area (Å²) < 4.78 is 1.68. The number of ketones is 1. The normalized spacial score (nSPS) is 17.1. The fraction of sp³-hybridized carbons (Fsp3) is 0.400. The predicted molar refractivity (Wildman–Crippen MR) is 111 cm³/mol. The maximum absolute atomic E-state index is 12.8. The van der Waals surface area contributed by atoms with Crippen LogP contribution < -0.4 is 5.01 Å². The van der Waals surface area contributed by atoms with E-state index >= 15 is 0 Å². The smallest absolute Gasteiger partial charge is 0.270 e. The largest absolute Gasteiger partial charge is 0.294 e. The van der Waals surface area contributed by atoms with Gasteiger partial charge in [-0.1, -0.05) is 31.4 Å². The highest BCUT2D eigenvalue weighted by Crippen LogP contribution is 2.42. The van der Waals surface area contributed by atoms with Crippen molar-refractivity contribution in [2.24, 2.45) is 0 Å². The molecule has 0 bridgehead atoms. The Morgan fingerprint density at radius 3 is 2.53 bits per heavy atom. The van der Waals surface area contributed by atoms with Crippen molar-refractivity contribution in [3.05, 3.63) is 50.7 Å². The summed E-state index contributed by atoms with van der Waals surface area (Å²) in [6, 6.07) is 5.97. The summed E-state index contributed by atoms with van der Waals surface area (Å²) >= 11 is 1.14. The molecule has 0 spiro atoms. The number of benzene rings is 1. The molecule has 30 heavy (non-hydrogen) atoms. The molecular weight excluding hydrogens is 406 g/mol. The van der Waals surface area contributed by atoms with Gasteiger partial charge in [-0.25, -0.2) is 9.69 Å². The van der Waals surface area contributed by atoms with E-state index in [2.05, 4.69) is 10.2 Å². The van der Waals surface area contributed by atoms with Crippen molar-refractivity contribution in [2.45, 2.75) is 57.0 Å². The van der Waals surface area contributed by atoms with Crippen LogP contribution in [0.5, 0.6) is 0 Å². The first-order chi connectivity index (χ1) is 14.4. The SMILES string of the molecule is CC(=O)C1=C(c2cccc([N+](=O)[O-])c2)N(C(C)=O)n2c(nnc2C2CCCCC2)S1. The van der Waals surface area contributed by atoms with Gasteiger partial charge in [0.25, 0.3) is 5.69 Å². The summed E-state index contributed by atoms with van der Waals surface area (Å²) in [5.74, 6) is 0.292. The van der Waals surface area contributed by atoms with Gasteiger partial charge in [-0.05, 0) is 31.5 Å². The number of aromatic nitrogens is 3. The molecule has 10 heteroatoms. The van der Waals surface area contributed by atoms with Crippen molar-refractivity contribution < 1.29 is 14.5 Å². The van der Waals surface area contributed by atoms with Crippen LogP contribution in [0, 0.1) is 10.1 Å². The standard InChI is InChI=1S/C20H21N5O4S/c1-12(26)18-17(15-9-6-10-16(11-15)25(28)29)23(13(2)27)24-19(21-22-20(24)30-18)14-7-4-3-5-8-14/h6,9-11,14H,3-5,7-8H2,1-2H3. The second-order valence-corrected chi connectivity index (χ2v) is 8.44. The highest BCUT2D eigenvalue weighted by Gasteiger charge is 2.37. The molecule has 2 aromatic rings. The van der Waals surface area contributed by atoms with Crippen LogP contribution in [-0.2, 0) is 9.59 Å². The third kappa shape index (κ3) is 3.51. The zero-order chi connectivity index (χ0) is 21.4. The fourth-order valence-corrected chi connectivity index (χ4v) is 5.01. The number of fused-ring (bicyclic) bond motifs is 1. The molecule has 0 N–H and O–H groups in total. The zero-order valence-corrected chi connectivity index (χ0v) is 17.5. The quantitative estimate of drug-likeness (QED) is 0.539. The lowest BCUT2D eigenvalue weighted by molar-refractivity contribution is -0.384. The van der Waals surface area contributed by atoms with E-state index in [1.54, 1.807) is 16.8 Å². The number of Topliss-reactive ketones (excluding diaryl/α,β-unsaturated/α-hetero) is 1. The Balaban J connectivity index is 1.91. The van der Waals surface area contributed by atoms with Gasteiger partial charge in [0.15, 0.2) is 11.6 Å². The number of carbonyl (C=O) groups excluding carboxylic acids is 2. The lowest BCUT2D eigenvalue weighted by Gasteiger charge is -2.33. The lowest BCUT2D eigenvalue weighted by atomic mass is 9.89. The summed E-state index contributed by atoms with van der Waals surface area (Å²) in [5.41, 5.74) is 0.637. The van der Waals surface area contributed by atoms with Crippen LogP contribution in [0.15, 0.2) is 34.3 Å². The second kappa shape index (κ2) is 8.02. The number of amides is 1. The first-order valence-electron chi connectivity index (χ1n) is 9.82. The highest BCUT2D eigenvalue weighted by atomic mass is 32.2. The Labute approximate surface area is 177 Å². The van der Waals surface area contributed by atoms with E-state index in [9.17, 15) is 19.7 Å². The van der Waals surface area contributed by atoms with Crippen molar-refractivity contribution in [3.8, 4) is 0 Å². The van der Waals surface area contributed by atoms with E-state index in [1.807, 2.05) is 0 Å². The molecular formula is C20H21N5O4S. The number of non-ortho nitro benzene ring substituents is 1. The average molecular weight is 427 g/mol. The monoisotopic (exact) mass is 427 g/mol. The molecule has 0 unspecified atom stereocenters. The second-order valence-electron chi connectivity index (χ2n) is 7.46. The first kappa shape index (κ1) is 20.3. The molecule has 1 amide bonds. The van der Waals surface area contributed by atoms with Gasteiger partial charge in [0.2, 0.25) is 11.1 Å². The van der Waals surface area contributed by atoms with Gasteiger partial charge in [0, 0.05) is 30.5 Å². The molecule has 1 aliphatic carbocycles. The Morgan fingerprint density at radius 1 is 1.17 bits per heavy atom. The van der Waals surface area contributed by atoms with E-state index in [0.29, 0.717) is 27.1 Å². The lowest BCUT2D eigenvalue weighted by Crippen LogP contribution is -2.42. The zero-order valence-electron chi connectivity index (χ0n) is 16.7. The minimum atomic E-state index is -0.497. The van der Waals surface area contributed by atoms with Crippen molar-refractivity contribution >= 4 is 34.8 Å². The molecule has 1 saturated carbocycles. The molecule has 1 aliphatic heterocycles. The van der Waals surface area contributed by atoms with Gasteiger partial charge in [-0.15, -0.1) is 10.2 Å². The molecule has 1 fully saturated rings. The number of nitro groups is 1. The van der Waals surface area contributed by atoms with Crippen LogP contribution in [0.2, 0.25) is 0 Å². The summed E-state index contributed by atoms with van der Waals surface area (Å²) in [4.78, 5) is 36.4. The summed E-state index contributed by atoms with van der Waals surface area (Å²) in [6.45, 7) is 2.81. The predicted octanol–water partition coefficient (Wildman–Crippen LogP) is 3.78. The minimum Gasteiger partial charge on any atom is -0.294 e. The number of rotatable bonds is 4. The van der Waals surface area contributed by atoms with Crippen LogP contribution in [-0.4, -0.2) is 31.5 Å². The number of hydrogen-bond donors (Lipinski definition) is 0. The molecule has 0 radical (unpaired) electrons. The Morgan fingerprint density at radius 2 is 1.90 bits per heavy atom. The Hall–Kier alpha value is -3.01. The Kier molecular flexibility index (Phi) is 5.42. The van der Waals surface area contributed by atoms with Crippen LogP contribution >= 0.6 is 11.8 Å². The summed E-state index contributed by atoms with van der Waals surface area (Å²) in [6.07, 6.45) is 5.28. The van der Waals surface area contributed by atoms with Gasteiger partial charge in [-0.3, -0.25) is 19.7 Å². The van der Waals surface area contributed by atoms with Crippen LogP contribution in [0.3, 0.4) is 0 Å². The molecule has 1 aromatic heterocycles. The molecule has 0 saturated heterocycles. The number of nitro benzene ring substituents is 1. The maximum Gasteiger partial charge on any atom is 0.270 e. The van der Waals surface area contributed by atoms with Crippen molar-refractivity contribution in [1.82, 2.24) is 14.9 Å². The van der Waals surface area contributed by atoms with Crippen molar-refractivity contribution in [3.63, 3.8) is 0 Å². The molecule has 2 heterocycles. The molecule has 9 nitrogen and oxygen atoms in total. The Bertz CT molecular complexity index is 1070. The van der Waals surface area contributed by atoms with Gasteiger partial charge < -0.3 is 0 Å². The number of allylic oxidation sites excluding steroid dienone is 1. The van der Waals surface area contributed by atoms with E-state index in [4.69, 9.17) is 0 Å². The van der Waals surface area contributed by atoms with Crippen molar-refractivity contribution in [1.29, 1.82) is 0 Å². The van der Waals surface area contributed by atoms with Crippen LogP contribution in [0.25, 0.3) is 5.70 Å². The van der Waals surface area contributed by atoms with E-state index < -0.39 is 4.92 Å². The maximum atomic E-state index is 12.8. The number of hydrogen-bond acceptors (Lipinski definition) is 7. The first-order valence-corrected chi connectivity index (χ1v) is 10.6. The minimum absolute atomic E-state index is 0.113. The van der Waals surface area contributed by atoms with Gasteiger partial charge in [-0.2, -0.15) is 0 Å². The average Bonchev–Trinajstić information content (AvgIpc) is 3.16. The molecule has 156 valence electrons. The third-order valence-corrected chi connectivity index (χ3v) is 6.50. The topological polar surface area (TPSA) is 111 Å². The molecule has 0 atom stereocenters. The van der Waals surface area contributed by atoms with E-state index in [0.717, 1.165) is 37.4 Å². The summed E-state index contributed by atoms with van der Waals surface area (Å²) in [5, 5.41) is 21.8. The van der Waals surface area contributed by atoms with Gasteiger partial charge in [0.1, 0.15) is 0 Å². The molecule has 1 aromatic carbocycles. The fourth-order valence-electron chi connectivity index (χ4n) is 4.04. The number of carbonyl (C=O) groups is 2. The molecule has 4 rings (SSSR count). The van der Waals surface area contributed by atoms with E-state index in [1.165, 1.54) is 37.4 Å². The van der Waals surface area contributed by atoms with Crippen LogP contribution in [0.1, 0.15) is 63.3 Å². The van der Waals surface area contributed by atoms with E-state index in [-0.39, 0.29) is 23.3 Å².